The third-order valence-corrected chi connectivity index (χ3v) is 3.76. The molecule has 1 aliphatic carbocycles. The largest absolute Gasteiger partial charge is 0.458 e. The van der Waals surface area contributed by atoms with Crippen LogP contribution in [0, 0.1) is 0 Å². The minimum absolute atomic E-state index is 0.327. The van der Waals surface area contributed by atoms with Gasteiger partial charge in [-0.3, -0.25) is 4.55 Å². The third kappa shape index (κ3) is 3.32. The van der Waals surface area contributed by atoms with Gasteiger partial charge in [0, 0.05) is 6.08 Å². The molecule has 2 unspecified atom stereocenters. The summed E-state index contributed by atoms with van der Waals surface area (Å²) in [7, 11) is -4.14. The molecular formula is C9H14O5S. The van der Waals surface area contributed by atoms with Crippen LogP contribution < -0.4 is 0 Å². The quantitative estimate of drug-likeness (QED) is 0.446. The topological polar surface area (TPSA) is 80.7 Å². The zero-order valence-corrected chi connectivity index (χ0v) is 9.07. The van der Waals surface area contributed by atoms with E-state index in [2.05, 4.69) is 6.58 Å². The highest BCUT2D eigenvalue weighted by Crippen LogP contribution is 2.26. The fourth-order valence-electron chi connectivity index (χ4n) is 1.74. The number of carbonyl (C=O) groups is 1. The van der Waals surface area contributed by atoms with Crippen LogP contribution in [0.25, 0.3) is 0 Å². The van der Waals surface area contributed by atoms with Gasteiger partial charge in [0.25, 0.3) is 10.1 Å². The van der Waals surface area contributed by atoms with Crippen molar-refractivity contribution in [3.05, 3.63) is 12.7 Å². The molecule has 0 heterocycles. The monoisotopic (exact) mass is 234 g/mol. The first-order chi connectivity index (χ1) is 6.95. The van der Waals surface area contributed by atoms with Crippen LogP contribution in [-0.2, 0) is 19.6 Å². The second-order valence-electron chi connectivity index (χ2n) is 3.52. The van der Waals surface area contributed by atoms with Gasteiger partial charge in [-0.25, -0.2) is 4.79 Å². The summed E-state index contributed by atoms with van der Waals surface area (Å²) in [5.41, 5.74) is 0. The summed E-state index contributed by atoms with van der Waals surface area (Å²) in [6.07, 6.45) is 2.53. The summed E-state index contributed by atoms with van der Waals surface area (Å²) >= 11 is 0. The molecule has 0 radical (unpaired) electrons. The number of hydrogen-bond donors (Lipinski definition) is 1. The predicted octanol–water partition coefficient (Wildman–Crippen LogP) is 0.915. The zero-order chi connectivity index (χ0) is 11.5. The number of rotatable bonds is 3. The minimum atomic E-state index is -4.14. The van der Waals surface area contributed by atoms with E-state index < -0.39 is 27.4 Å². The Morgan fingerprint density at radius 3 is 2.53 bits per heavy atom. The molecule has 1 rings (SSSR count). The van der Waals surface area contributed by atoms with Crippen molar-refractivity contribution < 1.29 is 22.5 Å². The summed E-state index contributed by atoms with van der Waals surface area (Å²) in [5.74, 6) is -0.657. The molecule has 15 heavy (non-hydrogen) atoms. The van der Waals surface area contributed by atoms with E-state index in [0.717, 1.165) is 12.5 Å². The van der Waals surface area contributed by atoms with Gasteiger partial charge in [0.15, 0.2) is 0 Å². The lowest BCUT2D eigenvalue weighted by molar-refractivity contribution is -0.144. The molecule has 1 N–H and O–H groups in total. The van der Waals surface area contributed by atoms with Crippen molar-refractivity contribution in [1.82, 2.24) is 0 Å². The molecule has 86 valence electrons. The maximum atomic E-state index is 11.0. The van der Waals surface area contributed by atoms with E-state index in [4.69, 9.17) is 9.29 Å². The lowest BCUT2D eigenvalue weighted by Crippen LogP contribution is -2.39. The van der Waals surface area contributed by atoms with Gasteiger partial charge in [-0.15, -0.1) is 0 Å². The number of esters is 1. The van der Waals surface area contributed by atoms with Crippen molar-refractivity contribution in [3.8, 4) is 0 Å². The molecule has 0 amide bonds. The van der Waals surface area contributed by atoms with E-state index in [1.54, 1.807) is 0 Å². The summed E-state index contributed by atoms with van der Waals surface area (Å²) in [6, 6.07) is 0. The molecule has 2 atom stereocenters. The van der Waals surface area contributed by atoms with E-state index in [9.17, 15) is 13.2 Å². The van der Waals surface area contributed by atoms with Crippen LogP contribution in [0.15, 0.2) is 12.7 Å². The summed E-state index contributed by atoms with van der Waals surface area (Å²) in [4.78, 5) is 10.9. The lowest BCUT2D eigenvalue weighted by atomic mass is 9.97. The Hall–Kier alpha value is -0.880. The highest BCUT2D eigenvalue weighted by Gasteiger charge is 2.36. The summed E-state index contributed by atoms with van der Waals surface area (Å²) in [6.45, 7) is 3.23. The molecule has 1 aliphatic rings. The van der Waals surface area contributed by atoms with Crippen LogP contribution in [0.5, 0.6) is 0 Å². The molecule has 0 aromatic rings. The molecule has 0 bridgehead atoms. The van der Waals surface area contributed by atoms with Crippen LogP contribution in [0.3, 0.4) is 0 Å². The second kappa shape index (κ2) is 4.76. The van der Waals surface area contributed by atoms with Crippen molar-refractivity contribution in [3.63, 3.8) is 0 Å². The van der Waals surface area contributed by atoms with Crippen molar-refractivity contribution in [1.29, 1.82) is 0 Å². The van der Waals surface area contributed by atoms with Crippen LogP contribution in [0.4, 0.5) is 0 Å². The average molecular weight is 234 g/mol. The van der Waals surface area contributed by atoms with Gasteiger partial charge in [0.05, 0.1) is 0 Å². The highest BCUT2D eigenvalue weighted by molar-refractivity contribution is 7.86. The van der Waals surface area contributed by atoms with Gasteiger partial charge in [-0.2, -0.15) is 8.42 Å². The van der Waals surface area contributed by atoms with Gasteiger partial charge < -0.3 is 4.74 Å². The van der Waals surface area contributed by atoms with Gasteiger partial charge >= 0.3 is 5.97 Å². The molecule has 0 spiro atoms. The normalized spacial score (nSPS) is 27.0. The van der Waals surface area contributed by atoms with E-state index in [1.165, 1.54) is 0 Å². The molecule has 6 heteroatoms. The Bertz CT molecular complexity index is 346. The van der Waals surface area contributed by atoms with Crippen molar-refractivity contribution in [2.45, 2.75) is 37.0 Å². The smallest absolute Gasteiger partial charge is 0.330 e. The van der Waals surface area contributed by atoms with E-state index in [1.807, 2.05) is 0 Å². The first-order valence-corrected chi connectivity index (χ1v) is 6.25. The fourth-order valence-corrected chi connectivity index (χ4v) is 2.78. The minimum Gasteiger partial charge on any atom is -0.458 e. The van der Waals surface area contributed by atoms with Gasteiger partial charge in [-0.05, 0) is 19.3 Å². The first kappa shape index (κ1) is 12.2. The maximum absolute atomic E-state index is 11.0. The Balaban J connectivity index is 2.74. The predicted molar refractivity (Wildman–Crippen MR) is 53.9 cm³/mol. The lowest BCUT2D eigenvalue weighted by Gasteiger charge is -2.28. The molecule has 0 aromatic carbocycles. The van der Waals surface area contributed by atoms with Crippen LogP contribution in [-0.4, -0.2) is 30.3 Å². The van der Waals surface area contributed by atoms with Crippen LogP contribution in [0.1, 0.15) is 25.7 Å². The second-order valence-corrected chi connectivity index (χ2v) is 5.15. The molecule has 0 aromatic heterocycles. The van der Waals surface area contributed by atoms with Crippen molar-refractivity contribution >= 4 is 16.1 Å². The molecule has 1 fully saturated rings. The van der Waals surface area contributed by atoms with E-state index in [0.29, 0.717) is 19.3 Å². The van der Waals surface area contributed by atoms with E-state index in [-0.39, 0.29) is 0 Å². The highest BCUT2D eigenvalue weighted by atomic mass is 32.2. The third-order valence-electron chi connectivity index (χ3n) is 2.46. The fraction of sp³-hybridized carbons (Fsp3) is 0.667. The maximum Gasteiger partial charge on any atom is 0.330 e. The zero-order valence-electron chi connectivity index (χ0n) is 8.26. The first-order valence-electron chi connectivity index (χ1n) is 4.74. The number of ether oxygens (including phenoxy) is 1. The Morgan fingerprint density at radius 2 is 2.00 bits per heavy atom. The SMILES string of the molecule is C=CC(=O)OC1CCCCC1S(=O)(=O)O. The van der Waals surface area contributed by atoms with Gasteiger partial charge in [-0.1, -0.05) is 13.0 Å². The van der Waals surface area contributed by atoms with Gasteiger partial charge in [0.2, 0.25) is 0 Å². The van der Waals surface area contributed by atoms with Crippen LogP contribution >= 0.6 is 0 Å². The molecule has 0 aliphatic heterocycles. The number of carbonyl (C=O) groups excluding carboxylic acids is 1. The summed E-state index contributed by atoms with van der Waals surface area (Å²) < 4.78 is 35.8. The molecule has 1 saturated carbocycles. The summed E-state index contributed by atoms with van der Waals surface area (Å²) in [5, 5.41) is -0.991. The van der Waals surface area contributed by atoms with Gasteiger partial charge in [0.1, 0.15) is 11.4 Å². The molecule has 0 saturated heterocycles. The Kier molecular flexibility index (Phi) is 3.87. The molecule has 5 nitrogen and oxygen atoms in total. The number of hydrogen-bond acceptors (Lipinski definition) is 4. The van der Waals surface area contributed by atoms with Crippen molar-refractivity contribution in [2.75, 3.05) is 0 Å². The van der Waals surface area contributed by atoms with Crippen molar-refractivity contribution in [2.24, 2.45) is 0 Å². The standard InChI is InChI=1S/C9H14O5S/c1-2-9(10)14-7-5-3-4-6-8(7)15(11,12)13/h2,7-8H,1,3-6H2,(H,11,12,13). The van der Waals surface area contributed by atoms with E-state index >= 15 is 0 Å². The average Bonchev–Trinajstić information content (AvgIpc) is 2.17. The van der Waals surface area contributed by atoms with Crippen LogP contribution in [0.2, 0.25) is 0 Å². The Morgan fingerprint density at radius 1 is 1.40 bits per heavy atom. The Labute approximate surface area is 88.9 Å². The molecular weight excluding hydrogens is 220 g/mol.